The van der Waals surface area contributed by atoms with Crippen LogP contribution in [0.1, 0.15) is 51.0 Å². The van der Waals surface area contributed by atoms with Gasteiger partial charge in [0.15, 0.2) is 5.82 Å². The van der Waals surface area contributed by atoms with Crippen molar-refractivity contribution in [2.24, 2.45) is 0 Å². The number of nitrogens with one attached hydrogen (secondary N) is 2. The Hall–Kier alpha value is -2.71. The normalized spacial score (nSPS) is 12.3. The van der Waals surface area contributed by atoms with E-state index in [2.05, 4.69) is 56.3 Å². The minimum atomic E-state index is -0.227. The van der Waals surface area contributed by atoms with Crippen LogP contribution in [0.2, 0.25) is 0 Å². The van der Waals surface area contributed by atoms with Crippen LogP contribution >= 0.6 is 11.3 Å². The fourth-order valence-corrected chi connectivity index (χ4v) is 3.94. The molecule has 0 bridgehead atoms. The summed E-state index contributed by atoms with van der Waals surface area (Å²) in [5.41, 5.74) is 2.75. The van der Waals surface area contributed by atoms with Crippen LogP contribution in [0, 0.1) is 0 Å². The molecular formula is C22H29N5O2S. The Morgan fingerprint density at radius 1 is 1.17 bits per heavy atom. The second-order valence-electron chi connectivity index (χ2n) is 7.32. The molecule has 1 aromatic carbocycles. The monoisotopic (exact) mass is 427 g/mol. The van der Waals surface area contributed by atoms with Gasteiger partial charge in [-0.05, 0) is 59.7 Å². The van der Waals surface area contributed by atoms with Crippen LogP contribution in [-0.4, -0.2) is 40.7 Å². The van der Waals surface area contributed by atoms with Crippen molar-refractivity contribution < 1.29 is 9.32 Å². The number of nitrogens with zero attached hydrogens (tertiary/aromatic N) is 3. The lowest BCUT2D eigenvalue weighted by molar-refractivity contribution is 0.210. The molecule has 0 radical (unpaired) electrons. The number of rotatable bonds is 9. The van der Waals surface area contributed by atoms with Crippen LogP contribution in [0.4, 0.5) is 10.5 Å². The van der Waals surface area contributed by atoms with Crippen LogP contribution < -0.4 is 10.6 Å². The lowest BCUT2D eigenvalue weighted by Crippen LogP contribution is -2.39. The van der Waals surface area contributed by atoms with Gasteiger partial charge in [-0.15, -0.1) is 0 Å². The van der Waals surface area contributed by atoms with Crippen LogP contribution in [0.5, 0.6) is 0 Å². The summed E-state index contributed by atoms with van der Waals surface area (Å²) in [5.74, 6) is 1.37. The molecule has 8 heteroatoms. The van der Waals surface area contributed by atoms with E-state index >= 15 is 0 Å². The van der Waals surface area contributed by atoms with E-state index in [1.165, 1.54) is 5.56 Å². The third-order valence-corrected chi connectivity index (χ3v) is 5.69. The maximum absolute atomic E-state index is 12.4. The molecule has 0 aliphatic carbocycles. The molecule has 160 valence electrons. The molecule has 7 nitrogen and oxygen atoms in total. The molecule has 2 heterocycles. The Bertz CT molecular complexity index is 917. The number of carbonyl (C=O) groups excluding carboxylic acids is 1. The molecule has 3 rings (SSSR count). The predicted octanol–water partition coefficient (Wildman–Crippen LogP) is 5.13. The summed E-state index contributed by atoms with van der Waals surface area (Å²) in [6, 6.07) is 9.43. The molecule has 0 aliphatic heterocycles. The fourth-order valence-electron chi connectivity index (χ4n) is 3.23. The number of benzene rings is 1. The summed E-state index contributed by atoms with van der Waals surface area (Å²) in [6.45, 7) is 10.7. The first-order valence-electron chi connectivity index (χ1n) is 10.3. The smallest absolute Gasteiger partial charge is 0.319 e. The number of amides is 2. The molecule has 0 saturated carbocycles. The van der Waals surface area contributed by atoms with Crippen molar-refractivity contribution in [1.82, 2.24) is 20.4 Å². The Morgan fingerprint density at radius 3 is 2.47 bits per heavy atom. The van der Waals surface area contributed by atoms with Gasteiger partial charge in [0.05, 0.1) is 6.04 Å². The average Bonchev–Trinajstić information content (AvgIpc) is 3.44. The van der Waals surface area contributed by atoms with Gasteiger partial charge in [0.1, 0.15) is 0 Å². The highest BCUT2D eigenvalue weighted by atomic mass is 32.1. The number of urea groups is 1. The summed E-state index contributed by atoms with van der Waals surface area (Å²) in [4.78, 5) is 19.2. The SMILES string of the molecule is CCN(CC)C(CNC(=O)Nc1ccc(-c2nc(C(C)C)no2)cc1)c1ccsc1. The molecule has 2 aromatic heterocycles. The van der Waals surface area contributed by atoms with Crippen molar-refractivity contribution in [2.75, 3.05) is 25.0 Å². The van der Waals surface area contributed by atoms with Gasteiger partial charge in [-0.25, -0.2) is 4.79 Å². The summed E-state index contributed by atoms with van der Waals surface area (Å²) < 4.78 is 5.31. The van der Waals surface area contributed by atoms with E-state index in [-0.39, 0.29) is 18.0 Å². The number of thiophene rings is 1. The minimum Gasteiger partial charge on any atom is -0.336 e. The molecule has 0 spiro atoms. The third kappa shape index (κ3) is 5.46. The zero-order valence-corrected chi connectivity index (χ0v) is 18.7. The number of hydrogen-bond donors (Lipinski definition) is 2. The summed E-state index contributed by atoms with van der Waals surface area (Å²) in [5, 5.41) is 14.1. The molecule has 0 saturated heterocycles. The highest BCUT2D eigenvalue weighted by Crippen LogP contribution is 2.23. The first-order chi connectivity index (χ1) is 14.5. The van der Waals surface area contributed by atoms with E-state index in [4.69, 9.17) is 4.52 Å². The van der Waals surface area contributed by atoms with Crippen molar-refractivity contribution in [3.8, 4) is 11.5 Å². The highest BCUT2D eigenvalue weighted by molar-refractivity contribution is 7.07. The molecule has 30 heavy (non-hydrogen) atoms. The number of aromatic nitrogens is 2. The van der Waals surface area contributed by atoms with Gasteiger partial charge in [-0.2, -0.15) is 16.3 Å². The molecular weight excluding hydrogens is 398 g/mol. The van der Waals surface area contributed by atoms with Crippen LogP contribution in [0.15, 0.2) is 45.6 Å². The number of anilines is 1. The van der Waals surface area contributed by atoms with E-state index in [1.54, 1.807) is 11.3 Å². The summed E-state index contributed by atoms with van der Waals surface area (Å²) in [6.07, 6.45) is 0. The highest BCUT2D eigenvalue weighted by Gasteiger charge is 2.19. The van der Waals surface area contributed by atoms with E-state index < -0.39 is 0 Å². The van der Waals surface area contributed by atoms with E-state index in [0.717, 1.165) is 18.7 Å². The van der Waals surface area contributed by atoms with Crippen molar-refractivity contribution in [1.29, 1.82) is 0 Å². The Morgan fingerprint density at radius 2 is 1.90 bits per heavy atom. The van der Waals surface area contributed by atoms with E-state index in [1.807, 2.05) is 38.1 Å². The lowest BCUT2D eigenvalue weighted by atomic mass is 10.1. The van der Waals surface area contributed by atoms with Crippen LogP contribution in [-0.2, 0) is 0 Å². The van der Waals surface area contributed by atoms with Gasteiger partial charge in [0, 0.05) is 23.7 Å². The lowest BCUT2D eigenvalue weighted by Gasteiger charge is -2.29. The molecule has 2 N–H and O–H groups in total. The second-order valence-corrected chi connectivity index (χ2v) is 8.10. The Kier molecular flexibility index (Phi) is 7.59. The van der Waals surface area contributed by atoms with Gasteiger partial charge < -0.3 is 15.2 Å². The molecule has 3 aromatic rings. The van der Waals surface area contributed by atoms with Gasteiger partial charge in [-0.3, -0.25) is 4.90 Å². The van der Waals surface area contributed by atoms with Crippen LogP contribution in [0.3, 0.4) is 0 Å². The van der Waals surface area contributed by atoms with Gasteiger partial charge >= 0.3 is 6.03 Å². The van der Waals surface area contributed by atoms with Crippen molar-refractivity contribution >= 4 is 23.1 Å². The maximum Gasteiger partial charge on any atom is 0.319 e. The molecule has 0 fully saturated rings. The molecule has 0 aliphatic rings. The second kappa shape index (κ2) is 10.4. The Balaban J connectivity index is 1.58. The zero-order chi connectivity index (χ0) is 21.5. The van der Waals surface area contributed by atoms with E-state index in [0.29, 0.717) is 23.9 Å². The van der Waals surface area contributed by atoms with Gasteiger partial charge in [-0.1, -0.05) is 32.9 Å². The standard InChI is InChI=1S/C22H29N5O2S/c1-5-27(6-2)19(17-11-12-30-14-17)13-23-22(28)24-18-9-7-16(8-10-18)21-25-20(15(3)4)26-29-21/h7-12,14-15,19H,5-6,13H2,1-4H3,(H2,23,24,28). The topological polar surface area (TPSA) is 83.3 Å². The number of likely N-dealkylation sites (N-methyl/N-ethyl adjacent to an activating group) is 1. The van der Waals surface area contributed by atoms with Crippen molar-refractivity contribution in [2.45, 2.75) is 39.7 Å². The van der Waals surface area contributed by atoms with Crippen molar-refractivity contribution in [3.63, 3.8) is 0 Å². The molecule has 1 atom stereocenters. The average molecular weight is 428 g/mol. The predicted molar refractivity (Wildman–Crippen MR) is 121 cm³/mol. The number of hydrogen-bond acceptors (Lipinski definition) is 6. The zero-order valence-electron chi connectivity index (χ0n) is 17.9. The van der Waals surface area contributed by atoms with Crippen LogP contribution in [0.25, 0.3) is 11.5 Å². The van der Waals surface area contributed by atoms with Gasteiger partial charge in [0.2, 0.25) is 0 Å². The summed E-state index contributed by atoms with van der Waals surface area (Å²) >= 11 is 1.67. The minimum absolute atomic E-state index is 0.159. The van der Waals surface area contributed by atoms with Crippen molar-refractivity contribution in [3.05, 3.63) is 52.5 Å². The maximum atomic E-state index is 12.4. The summed E-state index contributed by atoms with van der Waals surface area (Å²) in [7, 11) is 0. The van der Waals surface area contributed by atoms with Gasteiger partial charge in [0.25, 0.3) is 5.89 Å². The quantitative estimate of drug-likeness (QED) is 0.495. The molecule has 1 unspecified atom stereocenters. The Labute approximate surface area is 181 Å². The largest absolute Gasteiger partial charge is 0.336 e. The first kappa shape index (κ1) is 22.0. The van der Waals surface area contributed by atoms with E-state index in [9.17, 15) is 4.79 Å². The fraction of sp³-hybridized carbons (Fsp3) is 0.409. The third-order valence-electron chi connectivity index (χ3n) is 4.98. The molecule has 2 amide bonds. The first-order valence-corrected chi connectivity index (χ1v) is 11.2. The number of carbonyl (C=O) groups is 1.